The highest BCUT2D eigenvalue weighted by atomic mass is 19.2. The Morgan fingerprint density at radius 1 is 1.09 bits per heavy atom. The van der Waals surface area contributed by atoms with Gasteiger partial charge in [-0.25, -0.2) is 8.78 Å². The number of ether oxygens (including phenoxy) is 3. The van der Waals surface area contributed by atoms with Crippen molar-refractivity contribution in [2.75, 3.05) is 19.9 Å². The Hall–Kier alpha value is -2.83. The summed E-state index contributed by atoms with van der Waals surface area (Å²) in [5.41, 5.74) is 0.0481. The molecule has 1 aliphatic rings. The van der Waals surface area contributed by atoms with Crippen LogP contribution in [-0.4, -0.2) is 25.9 Å². The molecule has 1 N–H and O–H groups in total. The maximum atomic E-state index is 13.1. The van der Waals surface area contributed by atoms with Crippen molar-refractivity contribution in [3.8, 4) is 17.2 Å². The third kappa shape index (κ3) is 3.50. The van der Waals surface area contributed by atoms with Crippen LogP contribution < -0.4 is 19.5 Å². The van der Waals surface area contributed by atoms with Crippen molar-refractivity contribution in [3.63, 3.8) is 0 Å². The molecule has 0 aliphatic carbocycles. The molecule has 0 atom stereocenters. The predicted octanol–water partition coefficient (Wildman–Crippen LogP) is 2.50. The number of carbonyl (C=O) groups excluding carboxylic acids is 1. The summed E-state index contributed by atoms with van der Waals surface area (Å²) in [6.07, 6.45) is 0. The number of benzene rings is 2. The van der Waals surface area contributed by atoms with Gasteiger partial charge >= 0.3 is 0 Å². The molecular formula is C16H13F2NO4. The zero-order chi connectivity index (χ0) is 16.2. The summed E-state index contributed by atoms with van der Waals surface area (Å²) >= 11 is 0. The van der Waals surface area contributed by atoms with Gasteiger partial charge in [-0.3, -0.25) is 4.79 Å². The molecule has 0 saturated carbocycles. The fraction of sp³-hybridized carbons (Fsp3) is 0.188. The van der Waals surface area contributed by atoms with E-state index in [0.717, 1.165) is 12.1 Å². The van der Waals surface area contributed by atoms with Crippen LogP contribution in [0.4, 0.5) is 8.78 Å². The first kappa shape index (κ1) is 15.1. The van der Waals surface area contributed by atoms with Gasteiger partial charge in [0, 0.05) is 11.6 Å². The molecule has 1 amide bonds. The van der Waals surface area contributed by atoms with Gasteiger partial charge in [-0.2, -0.15) is 0 Å². The van der Waals surface area contributed by atoms with Gasteiger partial charge in [0.25, 0.3) is 5.91 Å². The van der Waals surface area contributed by atoms with E-state index in [0.29, 0.717) is 17.2 Å². The van der Waals surface area contributed by atoms with E-state index in [1.54, 1.807) is 18.2 Å². The summed E-state index contributed by atoms with van der Waals surface area (Å²) in [5, 5.41) is 2.56. The standard InChI is InChI=1S/C16H13F2NO4/c17-12-3-1-10(7-13(12)18)16(20)19-5-6-21-11-2-4-14-15(8-11)23-9-22-14/h1-4,7-8H,5-6,9H2,(H,19,20). The lowest BCUT2D eigenvalue weighted by atomic mass is 10.2. The lowest BCUT2D eigenvalue weighted by molar-refractivity contribution is 0.0946. The van der Waals surface area contributed by atoms with Crippen LogP contribution in [0, 0.1) is 11.6 Å². The zero-order valence-corrected chi connectivity index (χ0v) is 12.0. The molecular weight excluding hydrogens is 308 g/mol. The van der Waals surface area contributed by atoms with Crippen molar-refractivity contribution in [2.24, 2.45) is 0 Å². The Bertz CT molecular complexity index is 736. The number of hydrogen-bond acceptors (Lipinski definition) is 4. The molecule has 0 unspecified atom stereocenters. The van der Waals surface area contributed by atoms with Crippen molar-refractivity contribution in [3.05, 3.63) is 53.6 Å². The van der Waals surface area contributed by atoms with E-state index in [1.807, 2.05) is 0 Å². The SMILES string of the molecule is O=C(NCCOc1ccc2c(c1)OCO2)c1ccc(F)c(F)c1. The summed E-state index contributed by atoms with van der Waals surface area (Å²) < 4.78 is 41.7. The first-order chi connectivity index (χ1) is 11.1. The number of fused-ring (bicyclic) bond motifs is 1. The van der Waals surface area contributed by atoms with E-state index < -0.39 is 17.5 Å². The minimum Gasteiger partial charge on any atom is -0.492 e. The summed E-state index contributed by atoms with van der Waals surface area (Å²) in [6, 6.07) is 8.13. The van der Waals surface area contributed by atoms with Gasteiger partial charge < -0.3 is 19.5 Å². The van der Waals surface area contributed by atoms with E-state index in [-0.39, 0.29) is 25.5 Å². The fourth-order valence-corrected chi connectivity index (χ4v) is 2.04. The van der Waals surface area contributed by atoms with Crippen LogP contribution in [0.15, 0.2) is 36.4 Å². The molecule has 0 saturated heterocycles. The largest absolute Gasteiger partial charge is 0.492 e. The molecule has 0 bridgehead atoms. The first-order valence-corrected chi connectivity index (χ1v) is 6.89. The Morgan fingerprint density at radius 2 is 1.91 bits per heavy atom. The van der Waals surface area contributed by atoms with Crippen LogP contribution in [-0.2, 0) is 0 Å². The molecule has 23 heavy (non-hydrogen) atoms. The highest BCUT2D eigenvalue weighted by molar-refractivity contribution is 5.94. The monoisotopic (exact) mass is 321 g/mol. The second-order valence-corrected chi connectivity index (χ2v) is 4.75. The maximum absolute atomic E-state index is 13.1. The number of carbonyl (C=O) groups is 1. The molecule has 0 spiro atoms. The molecule has 3 rings (SSSR count). The van der Waals surface area contributed by atoms with Crippen LogP contribution in [0.2, 0.25) is 0 Å². The summed E-state index contributed by atoms with van der Waals surface area (Å²) in [5.74, 6) is -0.714. The highest BCUT2D eigenvalue weighted by Crippen LogP contribution is 2.34. The van der Waals surface area contributed by atoms with Crippen LogP contribution in [0.25, 0.3) is 0 Å². The summed E-state index contributed by atoms with van der Waals surface area (Å²) in [6.45, 7) is 0.615. The van der Waals surface area contributed by atoms with Gasteiger partial charge in [-0.1, -0.05) is 0 Å². The Morgan fingerprint density at radius 3 is 2.74 bits per heavy atom. The van der Waals surface area contributed by atoms with E-state index in [2.05, 4.69) is 5.32 Å². The average Bonchev–Trinajstić information content (AvgIpc) is 3.01. The van der Waals surface area contributed by atoms with E-state index in [9.17, 15) is 13.6 Å². The molecule has 1 heterocycles. The maximum Gasteiger partial charge on any atom is 0.251 e. The van der Waals surface area contributed by atoms with Crippen LogP contribution in [0.5, 0.6) is 17.2 Å². The smallest absolute Gasteiger partial charge is 0.251 e. The third-order valence-corrected chi connectivity index (χ3v) is 3.18. The Kier molecular flexibility index (Phi) is 4.27. The molecule has 120 valence electrons. The van der Waals surface area contributed by atoms with Crippen molar-refractivity contribution >= 4 is 5.91 Å². The third-order valence-electron chi connectivity index (χ3n) is 3.18. The molecule has 1 aliphatic heterocycles. The molecule has 2 aromatic carbocycles. The Labute approximate surface area is 130 Å². The second-order valence-electron chi connectivity index (χ2n) is 4.75. The summed E-state index contributed by atoms with van der Waals surface area (Å²) in [4.78, 5) is 11.8. The van der Waals surface area contributed by atoms with Crippen molar-refractivity contribution in [1.82, 2.24) is 5.32 Å². The quantitative estimate of drug-likeness (QED) is 0.860. The zero-order valence-electron chi connectivity index (χ0n) is 12.0. The number of amides is 1. The minimum absolute atomic E-state index is 0.0481. The topological polar surface area (TPSA) is 56.8 Å². The summed E-state index contributed by atoms with van der Waals surface area (Å²) in [7, 11) is 0. The molecule has 5 nitrogen and oxygen atoms in total. The van der Waals surface area contributed by atoms with Gasteiger partial charge in [-0.05, 0) is 30.3 Å². The van der Waals surface area contributed by atoms with Gasteiger partial charge in [0.05, 0.1) is 6.54 Å². The van der Waals surface area contributed by atoms with Crippen molar-refractivity contribution in [2.45, 2.75) is 0 Å². The molecule has 2 aromatic rings. The molecule has 0 aromatic heterocycles. The molecule has 0 radical (unpaired) electrons. The van der Waals surface area contributed by atoms with E-state index >= 15 is 0 Å². The van der Waals surface area contributed by atoms with E-state index in [4.69, 9.17) is 14.2 Å². The van der Waals surface area contributed by atoms with Crippen LogP contribution in [0.3, 0.4) is 0 Å². The van der Waals surface area contributed by atoms with Gasteiger partial charge in [0.2, 0.25) is 6.79 Å². The van der Waals surface area contributed by atoms with E-state index in [1.165, 1.54) is 6.07 Å². The van der Waals surface area contributed by atoms with Gasteiger partial charge in [0.1, 0.15) is 12.4 Å². The number of halogens is 2. The number of nitrogens with one attached hydrogen (secondary N) is 1. The first-order valence-electron chi connectivity index (χ1n) is 6.89. The van der Waals surface area contributed by atoms with Crippen LogP contribution >= 0.6 is 0 Å². The highest BCUT2D eigenvalue weighted by Gasteiger charge is 2.14. The average molecular weight is 321 g/mol. The van der Waals surface area contributed by atoms with Crippen molar-refractivity contribution < 1.29 is 27.8 Å². The lowest BCUT2D eigenvalue weighted by Gasteiger charge is -2.08. The minimum atomic E-state index is -1.06. The van der Waals surface area contributed by atoms with Crippen LogP contribution in [0.1, 0.15) is 10.4 Å². The molecule has 0 fully saturated rings. The number of hydrogen-bond donors (Lipinski definition) is 1. The fourth-order valence-electron chi connectivity index (χ4n) is 2.04. The Balaban J connectivity index is 1.47. The second kappa shape index (κ2) is 6.51. The predicted molar refractivity (Wildman–Crippen MR) is 76.8 cm³/mol. The van der Waals surface area contributed by atoms with Gasteiger partial charge in [0.15, 0.2) is 23.1 Å². The number of rotatable bonds is 5. The van der Waals surface area contributed by atoms with Crippen molar-refractivity contribution in [1.29, 1.82) is 0 Å². The van der Waals surface area contributed by atoms with Gasteiger partial charge in [-0.15, -0.1) is 0 Å². The molecule has 7 heteroatoms. The lowest BCUT2D eigenvalue weighted by Crippen LogP contribution is -2.28. The normalized spacial score (nSPS) is 12.1.